The van der Waals surface area contributed by atoms with Crippen molar-refractivity contribution in [2.75, 3.05) is 0 Å². The highest BCUT2D eigenvalue weighted by Crippen LogP contribution is 2.33. The van der Waals surface area contributed by atoms with Crippen molar-refractivity contribution >= 4 is 21.6 Å². The fourth-order valence-corrected chi connectivity index (χ4v) is 4.33. The van der Waals surface area contributed by atoms with Gasteiger partial charge in [-0.15, -0.1) is 16.4 Å². The van der Waals surface area contributed by atoms with E-state index >= 15 is 0 Å². The van der Waals surface area contributed by atoms with Crippen LogP contribution in [-0.4, -0.2) is 15.0 Å². The maximum absolute atomic E-state index is 12.7. The molecule has 1 aliphatic carbocycles. The van der Waals surface area contributed by atoms with E-state index in [0.717, 1.165) is 29.5 Å². The second-order valence-corrected chi connectivity index (χ2v) is 6.83. The number of hydrogen-bond acceptors (Lipinski definition) is 4. The highest BCUT2D eigenvalue weighted by Gasteiger charge is 2.20. The van der Waals surface area contributed by atoms with Crippen molar-refractivity contribution in [3.05, 3.63) is 56.7 Å². The van der Waals surface area contributed by atoms with E-state index in [1.165, 1.54) is 33.5 Å². The Morgan fingerprint density at radius 1 is 1.14 bits per heavy atom. The summed E-state index contributed by atoms with van der Waals surface area (Å²) in [5.41, 5.74) is 2.48. The Hall–Kier alpha value is -2.01. The first kappa shape index (κ1) is 13.6. The lowest BCUT2D eigenvalue weighted by atomic mass is 9.97. The third-order valence-corrected chi connectivity index (χ3v) is 5.48. The van der Waals surface area contributed by atoms with E-state index in [9.17, 15) is 4.79 Å². The summed E-state index contributed by atoms with van der Waals surface area (Å²) >= 11 is 1.65. The molecule has 4 rings (SSSR count). The van der Waals surface area contributed by atoms with Crippen LogP contribution in [0.25, 0.3) is 10.2 Å². The molecule has 4 nitrogen and oxygen atoms in total. The van der Waals surface area contributed by atoms with Crippen molar-refractivity contribution in [3.8, 4) is 0 Å². The predicted molar refractivity (Wildman–Crippen MR) is 88.5 cm³/mol. The van der Waals surface area contributed by atoms with Gasteiger partial charge in [0.1, 0.15) is 0 Å². The standard InChI is InChI=1S/C17H17N3OS/c21-17-15-13-8-4-5-9-14(13)22-16(15)18-19-20(17)11-10-12-6-2-1-3-7-12/h1-3,6-7H,4-5,8-11H2. The summed E-state index contributed by atoms with van der Waals surface area (Å²) in [6, 6.07) is 10.2. The molecule has 0 N–H and O–H groups in total. The van der Waals surface area contributed by atoms with Crippen LogP contribution in [0.3, 0.4) is 0 Å². The van der Waals surface area contributed by atoms with E-state index in [-0.39, 0.29) is 5.56 Å². The Labute approximate surface area is 132 Å². The number of fused-ring (bicyclic) bond motifs is 3. The maximum Gasteiger partial charge on any atom is 0.278 e. The first-order chi connectivity index (χ1) is 10.8. The van der Waals surface area contributed by atoms with Gasteiger partial charge in [0.2, 0.25) is 0 Å². The molecule has 1 aromatic carbocycles. The molecule has 0 spiro atoms. The molecule has 0 atom stereocenters. The molecule has 5 heteroatoms. The Bertz CT molecular complexity index is 867. The van der Waals surface area contributed by atoms with Gasteiger partial charge < -0.3 is 0 Å². The molecule has 3 aromatic rings. The zero-order valence-electron chi connectivity index (χ0n) is 12.3. The van der Waals surface area contributed by atoms with Crippen LogP contribution >= 0.6 is 11.3 Å². The minimum absolute atomic E-state index is 0.0281. The number of benzene rings is 1. The Kier molecular flexibility index (Phi) is 3.50. The van der Waals surface area contributed by atoms with Gasteiger partial charge in [0.15, 0.2) is 4.83 Å². The molecule has 0 radical (unpaired) electrons. The summed E-state index contributed by atoms with van der Waals surface area (Å²) in [4.78, 5) is 14.9. The fraction of sp³-hybridized carbons (Fsp3) is 0.353. The lowest BCUT2D eigenvalue weighted by Crippen LogP contribution is -2.25. The number of hydrogen-bond donors (Lipinski definition) is 0. The average molecular weight is 311 g/mol. The van der Waals surface area contributed by atoms with Crippen molar-refractivity contribution in [1.82, 2.24) is 15.0 Å². The number of aryl methyl sites for hydroxylation is 4. The molecule has 0 fully saturated rings. The SMILES string of the molecule is O=c1c2c3c(sc2nnn1CCc1ccccc1)CCCC3. The van der Waals surface area contributed by atoms with Gasteiger partial charge in [-0.3, -0.25) is 4.79 Å². The average Bonchev–Trinajstić information content (AvgIpc) is 2.94. The molecule has 2 heterocycles. The van der Waals surface area contributed by atoms with Gasteiger partial charge in [-0.05, 0) is 43.2 Å². The van der Waals surface area contributed by atoms with Crippen molar-refractivity contribution < 1.29 is 0 Å². The predicted octanol–water partition coefficient (Wildman–Crippen LogP) is 2.97. The Morgan fingerprint density at radius 3 is 2.82 bits per heavy atom. The van der Waals surface area contributed by atoms with Gasteiger partial charge in [-0.2, -0.15) is 0 Å². The number of rotatable bonds is 3. The van der Waals surface area contributed by atoms with Crippen LogP contribution in [0.15, 0.2) is 35.1 Å². The van der Waals surface area contributed by atoms with E-state index in [0.29, 0.717) is 6.54 Å². The van der Waals surface area contributed by atoms with Crippen molar-refractivity contribution in [2.24, 2.45) is 0 Å². The van der Waals surface area contributed by atoms with E-state index in [1.807, 2.05) is 18.2 Å². The van der Waals surface area contributed by atoms with Crippen LogP contribution in [0.5, 0.6) is 0 Å². The van der Waals surface area contributed by atoms with Crippen LogP contribution in [0.2, 0.25) is 0 Å². The summed E-state index contributed by atoms with van der Waals surface area (Å²) in [6.45, 7) is 0.580. The lowest BCUT2D eigenvalue weighted by Gasteiger charge is -2.10. The van der Waals surface area contributed by atoms with Gasteiger partial charge in [0.25, 0.3) is 5.56 Å². The van der Waals surface area contributed by atoms with E-state index in [1.54, 1.807) is 11.3 Å². The van der Waals surface area contributed by atoms with Crippen molar-refractivity contribution in [3.63, 3.8) is 0 Å². The maximum atomic E-state index is 12.7. The Balaban J connectivity index is 1.70. The molecule has 0 saturated heterocycles. The zero-order chi connectivity index (χ0) is 14.9. The second kappa shape index (κ2) is 5.65. The van der Waals surface area contributed by atoms with E-state index in [2.05, 4.69) is 22.4 Å². The molecule has 0 aliphatic heterocycles. The second-order valence-electron chi connectivity index (χ2n) is 5.74. The van der Waals surface area contributed by atoms with Gasteiger partial charge >= 0.3 is 0 Å². The van der Waals surface area contributed by atoms with E-state index < -0.39 is 0 Å². The van der Waals surface area contributed by atoms with Crippen LogP contribution in [-0.2, 0) is 25.8 Å². The van der Waals surface area contributed by atoms with Gasteiger partial charge in [-0.25, -0.2) is 4.68 Å². The smallest absolute Gasteiger partial charge is 0.267 e. The summed E-state index contributed by atoms with van der Waals surface area (Å²) in [7, 11) is 0. The molecule has 0 amide bonds. The molecule has 0 unspecified atom stereocenters. The van der Waals surface area contributed by atoms with Gasteiger partial charge in [-0.1, -0.05) is 35.5 Å². The molecule has 0 saturated carbocycles. The van der Waals surface area contributed by atoms with Crippen LogP contribution in [0, 0.1) is 0 Å². The van der Waals surface area contributed by atoms with Crippen LogP contribution in [0.4, 0.5) is 0 Å². The zero-order valence-corrected chi connectivity index (χ0v) is 13.1. The third kappa shape index (κ3) is 2.35. The summed E-state index contributed by atoms with van der Waals surface area (Å²) in [5, 5.41) is 9.24. The topological polar surface area (TPSA) is 47.8 Å². The number of aromatic nitrogens is 3. The van der Waals surface area contributed by atoms with Crippen molar-refractivity contribution in [1.29, 1.82) is 0 Å². The molecule has 2 aromatic heterocycles. The molecular formula is C17H17N3OS. The van der Waals surface area contributed by atoms with Crippen molar-refractivity contribution in [2.45, 2.75) is 38.6 Å². The van der Waals surface area contributed by atoms with Crippen LogP contribution in [0.1, 0.15) is 28.8 Å². The normalized spacial score (nSPS) is 14.2. The number of nitrogens with zero attached hydrogens (tertiary/aromatic N) is 3. The minimum atomic E-state index is 0.0281. The molecule has 1 aliphatic rings. The summed E-state index contributed by atoms with van der Waals surface area (Å²) in [5.74, 6) is 0. The quantitative estimate of drug-likeness (QED) is 0.747. The lowest BCUT2D eigenvalue weighted by molar-refractivity contribution is 0.550. The summed E-state index contributed by atoms with van der Waals surface area (Å²) < 4.78 is 1.52. The Morgan fingerprint density at radius 2 is 1.95 bits per heavy atom. The molecule has 22 heavy (non-hydrogen) atoms. The fourth-order valence-electron chi connectivity index (χ4n) is 3.13. The van der Waals surface area contributed by atoms with Gasteiger partial charge in [0, 0.05) is 4.88 Å². The monoisotopic (exact) mass is 311 g/mol. The third-order valence-electron chi connectivity index (χ3n) is 4.30. The minimum Gasteiger partial charge on any atom is -0.267 e. The first-order valence-corrected chi connectivity index (χ1v) is 8.56. The number of thiophene rings is 1. The molecular weight excluding hydrogens is 294 g/mol. The van der Waals surface area contributed by atoms with Gasteiger partial charge in [0.05, 0.1) is 11.9 Å². The largest absolute Gasteiger partial charge is 0.278 e. The molecule has 0 bridgehead atoms. The van der Waals surface area contributed by atoms with E-state index in [4.69, 9.17) is 0 Å². The highest BCUT2D eigenvalue weighted by atomic mass is 32.1. The first-order valence-electron chi connectivity index (χ1n) is 7.75. The van der Waals surface area contributed by atoms with Crippen LogP contribution < -0.4 is 5.56 Å². The summed E-state index contributed by atoms with van der Waals surface area (Å²) in [6.07, 6.45) is 5.28. The molecule has 112 valence electrons. The highest BCUT2D eigenvalue weighted by molar-refractivity contribution is 7.18.